The molecule has 11 aromatic rings. The molecule has 0 radical (unpaired) electrons. The lowest BCUT2D eigenvalue weighted by Crippen LogP contribution is -2.31. The number of fused-ring (bicyclic) bond motifs is 5. The summed E-state index contributed by atoms with van der Waals surface area (Å²) in [6.45, 7) is 0. The van der Waals surface area contributed by atoms with Gasteiger partial charge in [-0.2, -0.15) is 133 Å². The Morgan fingerprint density at radius 2 is 0.363 bits per heavy atom. The smallest absolute Gasteiger partial charge is 0.213 e. The fraction of sp³-hybridized carbons (Fsp3) is 0. The third kappa shape index (κ3) is 17.0. The fourth-order valence-corrected chi connectivity index (χ4v) is 9.47. The van der Waals surface area contributed by atoms with E-state index < -0.39 is 214 Å². The summed E-state index contributed by atoms with van der Waals surface area (Å²) in [6, 6.07) is 32.8. The summed E-state index contributed by atoms with van der Waals surface area (Å²) in [5.74, 6) is -35.5. The lowest BCUT2D eigenvalue weighted by atomic mass is 10.0. The second-order valence-electron chi connectivity index (χ2n) is 21.2. The summed E-state index contributed by atoms with van der Waals surface area (Å²) in [5, 5.41) is 181. The molecular formula is C74H2F18N32. The average Bonchev–Trinajstić information content (AvgIpc) is 0.730. The van der Waals surface area contributed by atoms with Gasteiger partial charge in [0.25, 0.3) is 23.8 Å². The Morgan fingerprint density at radius 1 is 0.185 bits per heavy atom. The Labute approximate surface area is 669 Å². The molecule has 0 bridgehead atoms. The zero-order valence-electron chi connectivity index (χ0n) is 58.3. The standard InChI is InChI=1S/C16F6N4.C16F4N8.C12F4N4.C12N10.C10H2N4.C8F4N2/c17-11-7(5(1-23)2-24)13(19)15(21)10-9(11)16(22)14(20)8(12(10)18)6(3-25)4-26;17-13-15(19)27-11-8(6(3-23)4-24)12-10(26-14(18)16(20)28-12)7(9(11)25-13)5(1-21)2-22;13-9-7(5(1-17)2-18)10(14)12(16)8(11(9)15)6(3-19)4-20;13-1-5-6(2-14)18-10-9(17-5)21-11-12(22-10)20-8(4-16)7(3-15)19-11;11-3-7-1-8(4-12)10(6-14)2-9(7)5-13;9-5-3(1-13)6(10)8(12)4(2-14)7(5)11/h;;;;1-2H;. The van der Waals surface area contributed by atoms with Gasteiger partial charge < -0.3 is 0 Å². The van der Waals surface area contributed by atoms with Crippen LogP contribution in [-0.4, -0.2) is 49.8 Å². The van der Waals surface area contributed by atoms with Crippen molar-refractivity contribution in [1.82, 2.24) is 49.8 Å². The van der Waals surface area contributed by atoms with Crippen LogP contribution >= 0.6 is 0 Å². The van der Waals surface area contributed by atoms with E-state index in [1.807, 2.05) is 0 Å². The highest BCUT2D eigenvalue weighted by Gasteiger charge is 2.31. The van der Waals surface area contributed by atoms with E-state index in [0.717, 1.165) is 60.7 Å². The van der Waals surface area contributed by atoms with Crippen LogP contribution in [0.25, 0.3) is 88.9 Å². The number of aromatic nitrogens is 10. The Kier molecular flexibility index (Phi) is 28.8. The maximum atomic E-state index is 14.4. The van der Waals surface area contributed by atoms with Crippen molar-refractivity contribution in [3.05, 3.63) is 205 Å². The van der Waals surface area contributed by atoms with E-state index in [1.165, 1.54) is 36.4 Å². The minimum Gasteiger partial charge on any atom is -0.213 e. The molecule has 50 heteroatoms. The minimum absolute atomic E-state index is 0.00838. The van der Waals surface area contributed by atoms with E-state index in [9.17, 15) is 79.0 Å². The molecule has 0 aliphatic heterocycles. The van der Waals surface area contributed by atoms with Gasteiger partial charge >= 0.3 is 0 Å². The molecule has 0 N–H and O–H groups in total. The van der Waals surface area contributed by atoms with Crippen molar-refractivity contribution in [3.63, 3.8) is 0 Å². The van der Waals surface area contributed by atoms with E-state index in [2.05, 4.69) is 49.8 Å². The molecule has 0 atom stereocenters. The van der Waals surface area contributed by atoms with Crippen LogP contribution in [0.15, 0.2) is 12.1 Å². The topological polar surface area (TPSA) is 652 Å². The first-order valence-electron chi connectivity index (χ1n) is 30.2. The predicted molar refractivity (Wildman–Crippen MR) is 356 cm³/mol. The summed E-state index contributed by atoms with van der Waals surface area (Å²) < 4.78 is 246. The molecule has 0 amide bonds. The summed E-state index contributed by atoms with van der Waals surface area (Å²) in [7, 11) is 0. The number of benzene rings is 6. The summed E-state index contributed by atoms with van der Waals surface area (Å²) in [6.07, 6.45) is 0. The molecule has 11 rings (SSSR count). The Bertz CT molecular complexity index is 7400. The molecule has 124 heavy (non-hydrogen) atoms. The van der Waals surface area contributed by atoms with E-state index in [-0.39, 0.29) is 67.6 Å². The van der Waals surface area contributed by atoms with Crippen molar-refractivity contribution in [2.24, 2.45) is 0 Å². The van der Waals surface area contributed by atoms with Crippen molar-refractivity contribution in [2.45, 2.75) is 0 Å². The third-order valence-electron chi connectivity index (χ3n) is 14.8. The van der Waals surface area contributed by atoms with Gasteiger partial charge in [-0.3, -0.25) is 0 Å². The highest BCUT2D eigenvalue weighted by Crippen LogP contribution is 2.28. The number of hydrogen-bond donors (Lipinski definition) is 0. The SMILES string of the molecule is N#CC(C#N)=c1c(F)c(F)c(=C(C#N)C#N)c(F)c1F.N#CC(C#N)=c1c(F)c(F)c2c(F)c(=C(C#N)C#N)c(F)c(F)c2c1F.N#CC(C#N)=c1c2nc(F)c(F)nc2c(=C(C#N)C#N)c2nc(F)c(F)nc12.N#Cc1c(F)c(F)c(C#N)c(F)c1F.N#Cc1cc(C#N)c(C#N)cc1C#N.N#Cc1nc2nc3nc(C#N)c(C#N)nc3nc2nc1C#N. The normalized spacial score (nSPS) is 9.35. The summed E-state index contributed by atoms with van der Waals surface area (Å²) in [4.78, 5) is 36.6. The molecule has 0 unspecified atom stereocenters. The van der Waals surface area contributed by atoms with Crippen LogP contribution in [0, 0.1) is 355 Å². The van der Waals surface area contributed by atoms with E-state index >= 15 is 0 Å². The first kappa shape index (κ1) is 91.6. The van der Waals surface area contributed by atoms with Crippen molar-refractivity contribution in [1.29, 1.82) is 116 Å². The first-order valence-corrected chi connectivity index (χ1v) is 30.2. The number of nitriles is 22. The molecule has 0 saturated carbocycles. The number of halogens is 18. The quantitative estimate of drug-likeness (QED) is 0.0920. The summed E-state index contributed by atoms with van der Waals surface area (Å²) >= 11 is 0. The number of rotatable bonds is 0. The largest absolute Gasteiger partial charge is 0.269 e. The van der Waals surface area contributed by atoms with Gasteiger partial charge in [-0.1, -0.05) is 0 Å². The van der Waals surface area contributed by atoms with Crippen LogP contribution in [-0.2, 0) is 0 Å². The van der Waals surface area contributed by atoms with Crippen LogP contribution in [0.4, 0.5) is 79.0 Å². The first-order chi connectivity index (χ1) is 59.1. The van der Waals surface area contributed by atoms with Crippen molar-refractivity contribution in [3.8, 4) is 134 Å². The minimum atomic E-state index is -2.23. The zero-order chi connectivity index (χ0) is 92.9. The van der Waals surface area contributed by atoms with E-state index in [4.69, 9.17) is 116 Å². The van der Waals surface area contributed by atoms with E-state index in [0.29, 0.717) is 0 Å². The molecule has 5 heterocycles. The second-order valence-corrected chi connectivity index (χ2v) is 21.2. The van der Waals surface area contributed by atoms with Crippen LogP contribution in [0.2, 0.25) is 0 Å². The average molecular weight is 1680 g/mol. The maximum Gasteiger partial charge on any atom is 0.269 e. The number of nitrogens with zero attached hydrogens (tertiary/aromatic N) is 32. The Morgan fingerprint density at radius 3 is 0.532 bits per heavy atom. The Hall–Kier alpha value is -21.2. The van der Waals surface area contributed by atoms with Crippen molar-refractivity contribution < 1.29 is 79.0 Å². The molecular weight excluding hydrogens is 1680 g/mol. The molecule has 5 aromatic heterocycles. The summed E-state index contributed by atoms with van der Waals surface area (Å²) in [5.41, 5.74) is -12.2. The van der Waals surface area contributed by atoms with Gasteiger partial charge in [0.1, 0.15) is 212 Å². The molecule has 0 saturated heterocycles. The van der Waals surface area contributed by atoms with Gasteiger partial charge in [0.05, 0.1) is 64.3 Å². The molecule has 0 fully saturated rings. The zero-order valence-corrected chi connectivity index (χ0v) is 58.3. The lowest BCUT2D eigenvalue weighted by molar-refractivity contribution is 0.434. The third-order valence-corrected chi connectivity index (χ3v) is 14.8. The van der Waals surface area contributed by atoms with Crippen LogP contribution in [0.5, 0.6) is 0 Å². The van der Waals surface area contributed by atoms with Gasteiger partial charge in [-0.05, 0) is 12.1 Å². The monoisotopic (exact) mass is 1680 g/mol. The Balaban J connectivity index is 0.000000234. The predicted octanol–water partition coefficient (Wildman–Crippen LogP) is 6.24. The van der Waals surface area contributed by atoms with Crippen LogP contribution < -0.4 is 31.3 Å². The van der Waals surface area contributed by atoms with Crippen LogP contribution in [0.1, 0.15) is 56.2 Å². The highest BCUT2D eigenvalue weighted by atomic mass is 19.2. The second kappa shape index (κ2) is 39.0. The maximum absolute atomic E-state index is 14.4. The molecule has 6 aromatic carbocycles. The molecule has 0 aliphatic rings. The van der Waals surface area contributed by atoms with Gasteiger partial charge in [0.15, 0.2) is 92.6 Å². The van der Waals surface area contributed by atoms with Crippen molar-refractivity contribution in [2.75, 3.05) is 0 Å². The number of hydrogen-bond acceptors (Lipinski definition) is 32. The molecule has 584 valence electrons. The van der Waals surface area contributed by atoms with Crippen molar-refractivity contribution >= 4 is 88.9 Å². The fourth-order valence-electron chi connectivity index (χ4n) is 9.47. The van der Waals surface area contributed by atoms with Gasteiger partial charge in [-0.25, -0.2) is 111 Å². The van der Waals surface area contributed by atoms with Gasteiger partial charge in [0.2, 0.25) is 22.6 Å². The van der Waals surface area contributed by atoms with Gasteiger partial charge in [0, 0.05) is 0 Å². The highest BCUT2D eigenvalue weighted by molar-refractivity contribution is 6.00. The molecule has 32 nitrogen and oxygen atoms in total. The molecule has 0 aliphatic carbocycles. The lowest BCUT2D eigenvalue weighted by Gasteiger charge is -2.09. The van der Waals surface area contributed by atoms with E-state index in [1.54, 1.807) is 48.6 Å². The van der Waals surface area contributed by atoms with Crippen LogP contribution in [0.3, 0.4) is 0 Å². The molecule has 0 spiro atoms. The van der Waals surface area contributed by atoms with Gasteiger partial charge in [-0.15, -0.1) is 0 Å².